The Morgan fingerprint density at radius 1 is 1.14 bits per heavy atom. The molecule has 0 aliphatic heterocycles. The van der Waals surface area contributed by atoms with Gasteiger partial charge in [0.05, 0.1) is 11.9 Å². The molecular weight excluding hydrogens is 370 g/mol. The van der Waals surface area contributed by atoms with Crippen LogP contribution in [-0.2, 0) is 6.54 Å². The van der Waals surface area contributed by atoms with E-state index in [-0.39, 0.29) is 18.7 Å². The van der Waals surface area contributed by atoms with E-state index in [2.05, 4.69) is 10.3 Å². The van der Waals surface area contributed by atoms with Gasteiger partial charge in [-0.2, -0.15) is 5.10 Å². The van der Waals surface area contributed by atoms with Crippen LogP contribution in [0.15, 0.2) is 63.9 Å². The third-order valence-electron chi connectivity index (χ3n) is 4.62. The number of hydrogen-bond donors (Lipinski definition) is 1. The van der Waals surface area contributed by atoms with Crippen molar-refractivity contribution in [1.29, 1.82) is 0 Å². The van der Waals surface area contributed by atoms with Gasteiger partial charge in [-0.1, -0.05) is 47.6 Å². The highest BCUT2D eigenvalue weighted by molar-refractivity contribution is 5.92. The molecular formula is C22H21N3O4. The third kappa shape index (κ3) is 3.90. The van der Waals surface area contributed by atoms with Gasteiger partial charge >= 0.3 is 0 Å². The summed E-state index contributed by atoms with van der Waals surface area (Å²) in [4.78, 5) is 12.8. The average Bonchev–Trinajstić information content (AvgIpc) is 3.11. The Morgan fingerprint density at radius 2 is 1.93 bits per heavy atom. The van der Waals surface area contributed by atoms with Gasteiger partial charge in [-0.05, 0) is 31.5 Å². The van der Waals surface area contributed by atoms with Crippen LogP contribution in [0, 0.1) is 13.8 Å². The van der Waals surface area contributed by atoms with Gasteiger partial charge in [-0.25, -0.2) is 4.68 Å². The molecule has 7 nitrogen and oxygen atoms in total. The molecule has 0 spiro atoms. The van der Waals surface area contributed by atoms with Gasteiger partial charge in [-0.3, -0.25) is 4.79 Å². The second-order valence-electron chi connectivity index (χ2n) is 6.95. The van der Waals surface area contributed by atoms with Crippen molar-refractivity contribution in [2.45, 2.75) is 26.5 Å². The standard InChI is InChI=1S/C22H21N3O4/c1-14-7-6-10-18(11-14)28-13-17(26)12-25-22(27)21-19(15(2)29-24-21)20(23-25)16-8-4-3-5-9-16/h3-11,17,26H,12-13H2,1-2H3. The first kappa shape index (κ1) is 18.9. The maximum absolute atomic E-state index is 12.8. The second kappa shape index (κ2) is 7.89. The number of ether oxygens (including phenoxy) is 1. The number of aryl methyl sites for hydroxylation is 2. The van der Waals surface area contributed by atoms with Gasteiger partial charge in [0, 0.05) is 5.56 Å². The van der Waals surface area contributed by atoms with Crippen LogP contribution in [0.3, 0.4) is 0 Å². The van der Waals surface area contributed by atoms with Crippen molar-refractivity contribution in [2.75, 3.05) is 6.61 Å². The number of aliphatic hydroxyl groups is 1. The molecule has 0 radical (unpaired) electrons. The molecule has 7 heteroatoms. The number of benzene rings is 2. The Morgan fingerprint density at radius 3 is 2.69 bits per heavy atom. The van der Waals surface area contributed by atoms with Crippen molar-refractivity contribution in [2.24, 2.45) is 0 Å². The predicted molar refractivity (Wildman–Crippen MR) is 109 cm³/mol. The van der Waals surface area contributed by atoms with Crippen molar-refractivity contribution in [1.82, 2.24) is 14.9 Å². The van der Waals surface area contributed by atoms with Crippen molar-refractivity contribution in [3.8, 4) is 17.0 Å². The summed E-state index contributed by atoms with van der Waals surface area (Å²) in [6, 6.07) is 17.1. The van der Waals surface area contributed by atoms with E-state index in [1.807, 2.05) is 61.5 Å². The maximum Gasteiger partial charge on any atom is 0.296 e. The molecule has 0 fully saturated rings. The fourth-order valence-corrected chi connectivity index (χ4v) is 3.21. The minimum absolute atomic E-state index is 0.0215. The Balaban J connectivity index is 1.63. The fraction of sp³-hybridized carbons (Fsp3) is 0.227. The fourth-order valence-electron chi connectivity index (χ4n) is 3.21. The molecule has 1 N–H and O–H groups in total. The van der Waals surface area contributed by atoms with Crippen molar-refractivity contribution < 1.29 is 14.4 Å². The molecule has 2 aromatic heterocycles. The first-order valence-corrected chi connectivity index (χ1v) is 9.33. The van der Waals surface area contributed by atoms with Crippen LogP contribution >= 0.6 is 0 Å². The first-order chi connectivity index (χ1) is 14.0. The summed E-state index contributed by atoms with van der Waals surface area (Å²) in [5.41, 5.74) is 2.28. The molecule has 0 aliphatic rings. The normalized spacial score (nSPS) is 12.2. The largest absolute Gasteiger partial charge is 0.491 e. The molecule has 148 valence electrons. The molecule has 2 heterocycles. The van der Waals surface area contributed by atoms with Gasteiger partial charge in [0.1, 0.15) is 29.9 Å². The number of aliphatic hydroxyl groups excluding tert-OH is 1. The molecule has 4 aromatic rings. The van der Waals surface area contributed by atoms with Gasteiger partial charge in [0.2, 0.25) is 0 Å². The molecule has 0 amide bonds. The lowest BCUT2D eigenvalue weighted by molar-refractivity contribution is 0.0882. The van der Waals surface area contributed by atoms with E-state index in [0.717, 1.165) is 11.1 Å². The summed E-state index contributed by atoms with van der Waals surface area (Å²) in [6.45, 7) is 3.73. The zero-order chi connectivity index (χ0) is 20.4. The van der Waals surface area contributed by atoms with Crippen molar-refractivity contribution in [3.63, 3.8) is 0 Å². The van der Waals surface area contributed by atoms with E-state index in [4.69, 9.17) is 9.26 Å². The number of aromatic nitrogens is 3. The summed E-state index contributed by atoms with van der Waals surface area (Å²) < 4.78 is 12.1. The quantitative estimate of drug-likeness (QED) is 0.543. The summed E-state index contributed by atoms with van der Waals surface area (Å²) >= 11 is 0. The summed E-state index contributed by atoms with van der Waals surface area (Å²) in [5, 5.41) is 19.4. The maximum atomic E-state index is 12.8. The number of fused-ring (bicyclic) bond motifs is 1. The average molecular weight is 391 g/mol. The van der Waals surface area contributed by atoms with Gasteiger partial charge < -0.3 is 14.4 Å². The summed E-state index contributed by atoms with van der Waals surface area (Å²) in [6.07, 6.45) is -0.921. The Bertz CT molecular complexity index is 1200. The van der Waals surface area contributed by atoms with Crippen LogP contribution in [0.5, 0.6) is 5.75 Å². The lowest BCUT2D eigenvalue weighted by Gasteiger charge is -2.14. The number of hydrogen-bond acceptors (Lipinski definition) is 6. The second-order valence-corrected chi connectivity index (χ2v) is 6.95. The molecule has 0 saturated heterocycles. The van der Waals surface area contributed by atoms with Crippen LogP contribution in [0.1, 0.15) is 11.3 Å². The zero-order valence-electron chi connectivity index (χ0n) is 16.2. The van der Waals surface area contributed by atoms with Gasteiger partial charge in [0.15, 0.2) is 5.52 Å². The molecule has 0 bridgehead atoms. The van der Waals surface area contributed by atoms with Crippen LogP contribution in [0.25, 0.3) is 22.2 Å². The van der Waals surface area contributed by atoms with Gasteiger partial charge in [0.25, 0.3) is 5.56 Å². The lowest BCUT2D eigenvalue weighted by atomic mass is 10.1. The highest BCUT2D eigenvalue weighted by Crippen LogP contribution is 2.26. The minimum Gasteiger partial charge on any atom is -0.491 e. The first-order valence-electron chi connectivity index (χ1n) is 9.33. The lowest BCUT2D eigenvalue weighted by Crippen LogP contribution is -2.32. The molecule has 1 unspecified atom stereocenters. The van der Waals surface area contributed by atoms with Crippen LogP contribution < -0.4 is 10.3 Å². The Kier molecular flexibility index (Phi) is 5.14. The van der Waals surface area contributed by atoms with Crippen LogP contribution in [-0.4, -0.2) is 32.8 Å². The van der Waals surface area contributed by atoms with E-state index in [9.17, 15) is 9.90 Å². The molecule has 2 aromatic carbocycles. The Labute approximate surface area is 167 Å². The SMILES string of the molecule is Cc1cccc(OCC(O)Cn2nc(-c3ccccc3)c3c(C)onc3c2=O)c1. The molecule has 4 rings (SSSR count). The minimum atomic E-state index is -0.921. The van der Waals surface area contributed by atoms with Crippen molar-refractivity contribution >= 4 is 10.9 Å². The summed E-state index contributed by atoms with van der Waals surface area (Å²) in [5.74, 6) is 1.19. The molecule has 1 atom stereocenters. The van der Waals surface area contributed by atoms with E-state index >= 15 is 0 Å². The number of nitrogens with zero attached hydrogens (tertiary/aromatic N) is 3. The van der Waals surface area contributed by atoms with Gasteiger partial charge in [-0.15, -0.1) is 0 Å². The van der Waals surface area contributed by atoms with Crippen molar-refractivity contribution in [3.05, 3.63) is 76.3 Å². The highest BCUT2D eigenvalue weighted by Gasteiger charge is 2.20. The highest BCUT2D eigenvalue weighted by atomic mass is 16.5. The van der Waals surface area contributed by atoms with E-state index in [1.165, 1.54) is 4.68 Å². The monoisotopic (exact) mass is 391 g/mol. The van der Waals surface area contributed by atoms with E-state index < -0.39 is 11.7 Å². The third-order valence-corrected chi connectivity index (χ3v) is 4.62. The molecule has 0 aliphatic carbocycles. The van der Waals surface area contributed by atoms with E-state index in [0.29, 0.717) is 22.6 Å². The Hall–Kier alpha value is -3.45. The topological polar surface area (TPSA) is 90.4 Å². The zero-order valence-corrected chi connectivity index (χ0v) is 16.2. The van der Waals surface area contributed by atoms with Crippen LogP contribution in [0.4, 0.5) is 0 Å². The molecule has 29 heavy (non-hydrogen) atoms. The van der Waals surface area contributed by atoms with E-state index in [1.54, 1.807) is 6.92 Å². The summed E-state index contributed by atoms with van der Waals surface area (Å²) in [7, 11) is 0. The van der Waals surface area contributed by atoms with Crippen LogP contribution in [0.2, 0.25) is 0 Å². The predicted octanol–water partition coefficient (Wildman–Crippen LogP) is 3.11. The number of rotatable bonds is 6. The molecule has 0 saturated carbocycles. The smallest absolute Gasteiger partial charge is 0.296 e.